The summed E-state index contributed by atoms with van der Waals surface area (Å²) in [6, 6.07) is 16.1. The first-order chi connectivity index (χ1) is 14.6. The fraction of sp³-hybridized carbons (Fsp3) is 0.304. The van der Waals surface area contributed by atoms with E-state index in [0.29, 0.717) is 13.1 Å². The van der Waals surface area contributed by atoms with E-state index < -0.39 is 0 Å². The first-order valence-electron chi connectivity index (χ1n) is 9.81. The molecule has 0 saturated carbocycles. The molecule has 158 valence electrons. The summed E-state index contributed by atoms with van der Waals surface area (Å²) in [5.74, 6) is 2.36. The second-order valence-electron chi connectivity index (χ2n) is 6.97. The molecule has 0 saturated heterocycles. The van der Waals surface area contributed by atoms with Crippen molar-refractivity contribution in [3.63, 3.8) is 0 Å². The highest BCUT2D eigenvalue weighted by Crippen LogP contribution is 2.25. The van der Waals surface area contributed by atoms with Crippen molar-refractivity contribution in [3.8, 4) is 11.5 Å². The van der Waals surface area contributed by atoms with Gasteiger partial charge in [0.05, 0.1) is 27.0 Å². The summed E-state index contributed by atoms with van der Waals surface area (Å²) < 4.78 is 12.7. The lowest BCUT2D eigenvalue weighted by Gasteiger charge is -2.23. The molecule has 0 atom stereocenters. The van der Waals surface area contributed by atoms with Gasteiger partial charge in [0.15, 0.2) is 5.96 Å². The van der Waals surface area contributed by atoms with Gasteiger partial charge in [-0.1, -0.05) is 30.3 Å². The van der Waals surface area contributed by atoms with E-state index in [0.717, 1.165) is 35.1 Å². The van der Waals surface area contributed by atoms with Crippen LogP contribution >= 0.6 is 0 Å². The third kappa shape index (κ3) is 5.53. The first kappa shape index (κ1) is 21.2. The average molecular weight is 408 g/mol. The van der Waals surface area contributed by atoms with Crippen LogP contribution < -0.4 is 14.8 Å². The van der Waals surface area contributed by atoms with Crippen LogP contribution in [0.15, 0.2) is 65.9 Å². The largest absolute Gasteiger partial charge is 0.497 e. The summed E-state index contributed by atoms with van der Waals surface area (Å²) in [4.78, 5) is 6.46. The van der Waals surface area contributed by atoms with Crippen molar-refractivity contribution in [1.29, 1.82) is 0 Å². The molecule has 0 aliphatic carbocycles. The monoisotopic (exact) mass is 407 g/mol. The second-order valence-corrected chi connectivity index (χ2v) is 6.97. The van der Waals surface area contributed by atoms with Crippen LogP contribution in [0.25, 0.3) is 0 Å². The standard InChI is InChI=1S/C23H29N5O2/c1-24-23(27(2)17-20-10-11-21(29-3)12-22(20)30-4)25-13-19-14-26-28(16-19)15-18-8-6-5-7-9-18/h5-12,14,16H,13,15,17H2,1-4H3,(H,24,25). The summed E-state index contributed by atoms with van der Waals surface area (Å²) in [7, 11) is 7.09. The van der Waals surface area contributed by atoms with Crippen LogP contribution in [0.5, 0.6) is 11.5 Å². The van der Waals surface area contributed by atoms with Gasteiger partial charge in [-0.15, -0.1) is 0 Å². The number of aliphatic imine (C=N–C) groups is 1. The van der Waals surface area contributed by atoms with Gasteiger partial charge >= 0.3 is 0 Å². The van der Waals surface area contributed by atoms with Crippen molar-refractivity contribution in [2.24, 2.45) is 4.99 Å². The summed E-state index contributed by atoms with van der Waals surface area (Å²) in [5, 5.41) is 7.86. The molecule has 1 aromatic heterocycles. The lowest BCUT2D eigenvalue weighted by molar-refractivity contribution is 0.382. The summed E-state index contributed by atoms with van der Waals surface area (Å²) in [6.07, 6.45) is 3.94. The number of benzene rings is 2. The molecule has 0 spiro atoms. The predicted molar refractivity (Wildman–Crippen MR) is 119 cm³/mol. The van der Waals surface area contributed by atoms with Gasteiger partial charge in [0.25, 0.3) is 0 Å². The fourth-order valence-electron chi connectivity index (χ4n) is 3.23. The number of hydrogen-bond acceptors (Lipinski definition) is 4. The van der Waals surface area contributed by atoms with Gasteiger partial charge in [-0.3, -0.25) is 9.67 Å². The minimum Gasteiger partial charge on any atom is -0.497 e. The minimum atomic E-state index is 0.644. The third-order valence-corrected chi connectivity index (χ3v) is 4.80. The minimum absolute atomic E-state index is 0.644. The highest BCUT2D eigenvalue weighted by atomic mass is 16.5. The molecule has 0 aliphatic heterocycles. The molecule has 0 aliphatic rings. The number of guanidine groups is 1. The van der Waals surface area contributed by atoms with Gasteiger partial charge in [-0.2, -0.15) is 5.10 Å². The molecule has 0 radical (unpaired) electrons. The van der Waals surface area contributed by atoms with Crippen LogP contribution in [0.2, 0.25) is 0 Å². The molecule has 0 fully saturated rings. The molecule has 7 heteroatoms. The van der Waals surface area contributed by atoms with Crippen LogP contribution in [0.1, 0.15) is 16.7 Å². The highest BCUT2D eigenvalue weighted by molar-refractivity contribution is 5.79. The molecule has 7 nitrogen and oxygen atoms in total. The Balaban J connectivity index is 1.58. The van der Waals surface area contributed by atoms with Gasteiger partial charge in [0.1, 0.15) is 11.5 Å². The Labute approximate surface area is 178 Å². The van der Waals surface area contributed by atoms with Gasteiger partial charge < -0.3 is 19.7 Å². The zero-order valence-electron chi connectivity index (χ0n) is 18.0. The molecule has 1 heterocycles. The quantitative estimate of drug-likeness (QED) is 0.459. The van der Waals surface area contributed by atoms with Crippen LogP contribution in [0, 0.1) is 0 Å². The fourth-order valence-corrected chi connectivity index (χ4v) is 3.23. The lowest BCUT2D eigenvalue weighted by Crippen LogP contribution is -2.38. The maximum atomic E-state index is 5.50. The summed E-state index contributed by atoms with van der Waals surface area (Å²) in [6.45, 7) is 2.05. The Hall–Kier alpha value is -3.48. The Morgan fingerprint density at radius 1 is 1.10 bits per heavy atom. The zero-order chi connectivity index (χ0) is 21.3. The Morgan fingerprint density at radius 2 is 1.90 bits per heavy atom. The van der Waals surface area contributed by atoms with Gasteiger partial charge in [0, 0.05) is 50.6 Å². The maximum absolute atomic E-state index is 5.50. The van der Waals surface area contributed by atoms with Crippen LogP contribution in [0.4, 0.5) is 0 Å². The molecular weight excluding hydrogens is 378 g/mol. The van der Waals surface area contributed by atoms with Gasteiger partial charge in [-0.05, 0) is 17.7 Å². The van der Waals surface area contributed by atoms with E-state index in [1.54, 1.807) is 21.3 Å². The van der Waals surface area contributed by atoms with E-state index in [-0.39, 0.29) is 0 Å². The second kappa shape index (κ2) is 10.3. The number of nitrogens with zero attached hydrogens (tertiary/aromatic N) is 4. The van der Waals surface area contributed by atoms with Gasteiger partial charge in [-0.25, -0.2) is 0 Å². The molecule has 0 unspecified atom stereocenters. The average Bonchev–Trinajstić information content (AvgIpc) is 3.22. The highest BCUT2D eigenvalue weighted by Gasteiger charge is 2.11. The molecule has 2 aromatic carbocycles. The number of methoxy groups -OCH3 is 2. The van der Waals surface area contributed by atoms with E-state index in [1.807, 2.05) is 54.3 Å². The van der Waals surface area contributed by atoms with Crippen molar-refractivity contribution in [2.45, 2.75) is 19.6 Å². The topological polar surface area (TPSA) is 63.9 Å². The lowest BCUT2D eigenvalue weighted by atomic mass is 10.2. The molecular formula is C23H29N5O2. The van der Waals surface area contributed by atoms with Crippen molar-refractivity contribution < 1.29 is 9.47 Å². The van der Waals surface area contributed by atoms with E-state index >= 15 is 0 Å². The van der Waals surface area contributed by atoms with Crippen molar-refractivity contribution in [3.05, 3.63) is 77.6 Å². The number of nitrogens with one attached hydrogen (secondary N) is 1. The third-order valence-electron chi connectivity index (χ3n) is 4.80. The number of hydrogen-bond donors (Lipinski definition) is 1. The van der Waals surface area contributed by atoms with Crippen molar-refractivity contribution in [2.75, 3.05) is 28.3 Å². The van der Waals surface area contributed by atoms with Crippen LogP contribution in [-0.4, -0.2) is 49.0 Å². The molecule has 0 bridgehead atoms. The van der Waals surface area contributed by atoms with Crippen molar-refractivity contribution >= 4 is 5.96 Å². The summed E-state index contributed by atoms with van der Waals surface area (Å²) >= 11 is 0. The SMILES string of the molecule is CN=C(NCc1cnn(Cc2ccccc2)c1)N(C)Cc1ccc(OC)cc1OC. The number of aromatic nitrogens is 2. The predicted octanol–water partition coefficient (Wildman–Crippen LogP) is 3.16. The Bertz CT molecular complexity index is 969. The zero-order valence-corrected chi connectivity index (χ0v) is 18.0. The molecule has 3 aromatic rings. The van der Waals surface area contributed by atoms with Crippen LogP contribution in [0.3, 0.4) is 0 Å². The van der Waals surface area contributed by atoms with Crippen molar-refractivity contribution in [1.82, 2.24) is 20.0 Å². The Kier molecular flexibility index (Phi) is 7.32. The van der Waals surface area contributed by atoms with E-state index in [4.69, 9.17) is 9.47 Å². The normalized spacial score (nSPS) is 11.3. The van der Waals surface area contributed by atoms with E-state index in [9.17, 15) is 0 Å². The van der Waals surface area contributed by atoms with E-state index in [1.165, 1.54) is 5.56 Å². The summed E-state index contributed by atoms with van der Waals surface area (Å²) in [5.41, 5.74) is 3.38. The Morgan fingerprint density at radius 3 is 2.60 bits per heavy atom. The van der Waals surface area contributed by atoms with E-state index in [2.05, 4.69) is 38.6 Å². The molecule has 0 amide bonds. The number of ether oxygens (including phenoxy) is 2. The first-order valence-corrected chi connectivity index (χ1v) is 9.81. The maximum Gasteiger partial charge on any atom is 0.193 e. The molecule has 1 N–H and O–H groups in total. The smallest absolute Gasteiger partial charge is 0.193 e. The van der Waals surface area contributed by atoms with Gasteiger partial charge in [0.2, 0.25) is 0 Å². The molecule has 3 rings (SSSR count). The number of rotatable bonds is 8. The van der Waals surface area contributed by atoms with Crippen LogP contribution in [-0.2, 0) is 19.6 Å². The molecule has 30 heavy (non-hydrogen) atoms.